The van der Waals surface area contributed by atoms with Gasteiger partial charge in [-0.25, -0.2) is 0 Å². The first kappa shape index (κ1) is 15.9. The Morgan fingerprint density at radius 2 is 2.17 bits per heavy atom. The molecular weight excluding hydrogens is 308 g/mol. The molecule has 2 heterocycles. The van der Waals surface area contributed by atoms with Crippen LogP contribution in [-0.4, -0.2) is 27.3 Å². The molecule has 7 nitrogen and oxygen atoms in total. The predicted octanol–water partition coefficient (Wildman–Crippen LogP) is 2.86. The van der Waals surface area contributed by atoms with Gasteiger partial charge in [-0.15, -0.1) is 0 Å². The van der Waals surface area contributed by atoms with E-state index in [2.05, 4.69) is 4.98 Å². The number of anilines is 1. The lowest BCUT2D eigenvalue weighted by molar-refractivity contribution is -0.384. The third-order valence-corrected chi connectivity index (χ3v) is 4.24. The summed E-state index contributed by atoms with van der Waals surface area (Å²) < 4.78 is 0. The molecule has 0 saturated carbocycles. The second-order valence-electron chi connectivity index (χ2n) is 5.89. The fourth-order valence-electron chi connectivity index (χ4n) is 3.06. The van der Waals surface area contributed by atoms with Gasteiger partial charge in [0.25, 0.3) is 11.6 Å². The number of nitro groups is 1. The SMILES string of the molecule is Cc1cccc(C2CCCN2C(=O)c2cc([N+](=O)[O-])ccc2N)n1. The van der Waals surface area contributed by atoms with Crippen LogP contribution in [0.1, 0.15) is 40.6 Å². The highest BCUT2D eigenvalue weighted by Crippen LogP contribution is 2.33. The van der Waals surface area contributed by atoms with Gasteiger partial charge in [-0.2, -0.15) is 0 Å². The average molecular weight is 326 g/mol. The monoisotopic (exact) mass is 326 g/mol. The minimum Gasteiger partial charge on any atom is -0.398 e. The Morgan fingerprint density at radius 3 is 2.88 bits per heavy atom. The summed E-state index contributed by atoms with van der Waals surface area (Å²) in [7, 11) is 0. The number of carbonyl (C=O) groups excluding carboxylic acids is 1. The number of nitrogen functional groups attached to an aromatic ring is 1. The van der Waals surface area contributed by atoms with Gasteiger partial charge in [0.1, 0.15) is 0 Å². The van der Waals surface area contributed by atoms with E-state index >= 15 is 0 Å². The van der Waals surface area contributed by atoms with Crippen LogP contribution in [0.4, 0.5) is 11.4 Å². The number of likely N-dealkylation sites (tertiary alicyclic amines) is 1. The number of hydrogen-bond acceptors (Lipinski definition) is 5. The van der Waals surface area contributed by atoms with Crippen LogP contribution < -0.4 is 5.73 Å². The predicted molar refractivity (Wildman–Crippen MR) is 89.5 cm³/mol. The van der Waals surface area contributed by atoms with Crippen LogP contribution in [0.3, 0.4) is 0 Å². The normalized spacial score (nSPS) is 17.0. The van der Waals surface area contributed by atoms with Crippen molar-refractivity contribution in [3.8, 4) is 0 Å². The topological polar surface area (TPSA) is 102 Å². The highest BCUT2D eigenvalue weighted by atomic mass is 16.6. The summed E-state index contributed by atoms with van der Waals surface area (Å²) in [4.78, 5) is 29.6. The molecule has 0 bridgehead atoms. The zero-order valence-corrected chi connectivity index (χ0v) is 13.3. The van der Waals surface area contributed by atoms with Crippen molar-refractivity contribution >= 4 is 17.3 Å². The molecule has 1 aromatic heterocycles. The summed E-state index contributed by atoms with van der Waals surface area (Å²) in [6, 6.07) is 9.55. The number of rotatable bonds is 3. The van der Waals surface area contributed by atoms with Crippen molar-refractivity contribution in [2.45, 2.75) is 25.8 Å². The van der Waals surface area contributed by atoms with Gasteiger partial charge >= 0.3 is 0 Å². The van der Waals surface area contributed by atoms with E-state index in [1.54, 1.807) is 4.90 Å². The molecule has 3 rings (SSSR count). The van der Waals surface area contributed by atoms with Gasteiger partial charge in [0.05, 0.1) is 22.2 Å². The number of non-ortho nitro benzene ring substituents is 1. The number of aromatic nitrogens is 1. The van der Waals surface area contributed by atoms with Crippen LogP contribution in [0.2, 0.25) is 0 Å². The summed E-state index contributed by atoms with van der Waals surface area (Å²) in [5.41, 5.74) is 7.88. The number of nitrogens with two attached hydrogens (primary N) is 1. The lowest BCUT2D eigenvalue weighted by Crippen LogP contribution is -2.31. The van der Waals surface area contributed by atoms with Gasteiger partial charge < -0.3 is 10.6 Å². The molecule has 124 valence electrons. The Bertz CT molecular complexity index is 806. The fourth-order valence-corrected chi connectivity index (χ4v) is 3.06. The molecule has 1 aliphatic rings. The molecule has 1 atom stereocenters. The number of carbonyl (C=O) groups is 1. The number of amides is 1. The van der Waals surface area contributed by atoms with E-state index < -0.39 is 4.92 Å². The first-order valence-corrected chi connectivity index (χ1v) is 7.76. The lowest BCUT2D eigenvalue weighted by atomic mass is 10.1. The molecule has 1 amide bonds. The quantitative estimate of drug-likeness (QED) is 0.531. The molecule has 1 fully saturated rings. The van der Waals surface area contributed by atoms with Gasteiger partial charge in [-0.05, 0) is 38.0 Å². The van der Waals surface area contributed by atoms with Crippen LogP contribution in [0, 0.1) is 17.0 Å². The number of benzene rings is 1. The van der Waals surface area contributed by atoms with Crippen molar-refractivity contribution in [2.24, 2.45) is 0 Å². The van der Waals surface area contributed by atoms with Crippen molar-refractivity contribution in [1.82, 2.24) is 9.88 Å². The Morgan fingerprint density at radius 1 is 1.38 bits per heavy atom. The third-order valence-electron chi connectivity index (χ3n) is 4.24. The summed E-state index contributed by atoms with van der Waals surface area (Å²) in [5, 5.41) is 11.0. The molecule has 1 saturated heterocycles. The smallest absolute Gasteiger partial charge is 0.270 e. The first-order chi connectivity index (χ1) is 11.5. The number of pyridine rings is 1. The Balaban J connectivity index is 1.94. The Labute approximate surface area is 139 Å². The molecule has 1 aliphatic heterocycles. The van der Waals surface area contributed by atoms with Crippen LogP contribution in [-0.2, 0) is 0 Å². The molecular formula is C17H18N4O3. The van der Waals surface area contributed by atoms with E-state index in [-0.39, 0.29) is 28.9 Å². The lowest BCUT2D eigenvalue weighted by Gasteiger charge is -2.25. The Hall–Kier alpha value is -2.96. The molecule has 1 aromatic carbocycles. The van der Waals surface area contributed by atoms with Gasteiger partial charge in [0.2, 0.25) is 0 Å². The fraction of sp³-hybridized carbons (Fsp3) is 0.294. The van der Waals surface area contributed by atoms with E-state index in [1.807, 2.05) is 25.1 Å². The second kappa shape index (κ2) is 6.27. The van der Waals surface area contributed by atoms with E-state index in [0.29, 0.717) is 6.54 Å². The zero-order chi connectivity index (χ0) is 17.3. The van der Waals surface area contributed by atoms with Crippen LogP contribution >= 0.6 is 0 Å². The molecule has 7 heteroatoms. The van der Waals surface area contributed by atoms with Crippen LogP contribution in [0.5, 0.6) is 0 Å². The molecule has 2 N–H and O–H groups in total. The van der Waals surface area contributed by atoms with Gasteiger partial charge in [-0.3, -0.25) is 19.9 Å². The van der Waals surface area contributed by atoms with E-state index in [9.17, 15) is 14.9 Å². The van der Waals surface area contributed by atoms with E-state index in [0.717, 1.165) is 24.2 Å². The number of nitro benzene ring substituents is 1. The summed E-state index contributed by atoms with van der Waals surface area (Å²) in [6.07, 6.45) is 1.68. The van der Waals surface area contributed by atoms with Crippen LogP contribution in [0.25, 0.3) is 0 Å². The summed E-state index contributed by atoms with van der Waals surface area (Å²) in [6.45, 7) is 2.49. The van der Waals surface area contributed by atoms with Gasteiger partial charge in [-0.1, -0.05) is 6.07 Å². The molecule has 2 aromatic rings. The number of nitrogens with zero attached hydrogens (tertiary/aromatic N) is 3. The maximum atomic E-state index is 12.9. The zero-order valence-electron chi connectivity index (χ0n) is 13.3. The molecule has 1 unspecified atom stereocenters. The van der Waals surface area contributed by atoms with Gasteiger partial charge in [0, 0.05) is 30.1 Å². The van der Waals surface area contributed by atoms with Crippen molar-refractivity contribution in [1.29, 1.82) is 0 Å². The van der Waals surface area contributed by atoms with Gasteiger partial charge in [0.15, 0.2) is 0 Å². The molecule has 0 aliphatic carbocycles. The van der Waals surface area contributed by atoms with Crippen molar-refractivity contribution in [3.05, 3.63) is 63.5 Å². The minimum absolute atomic E-state index is 0.129. The maximum absolute atomic E-state index is 12.9. The largest absolute Gasteiger partial charge is 0.398 e. The maximum Gasteiger partial charge on any atom is 0.270 e. The van der Waals surface area contributed by atoms with E-state index in [1.165, 1.54) is 18.2 Å². The van der Waals surface area contributed by atoms with Crippen LogP contribution in [0.15, 0.2) is 36.4 Å². The second-order valence-corrected chi connectivity index (χ2v) is 5.89. The number of aryl methyl sites for hydroxylation is 1. The van der Waals surface area contributed by atoms with Crippen molar-refractivity contribution < 1.29 is 9.72 Å². The number of hydrogen-bond donors (Lipinski definition) is 1. The van der Waals surface area contributed by atoms with E-state index in [4.69, 9.17) is 5.73 Å². The summed E-state index contributed by atoms with van der Waals surface area (Å²) in [5.74, 6) is -0.290. The first-order valence-electron chi connectivity index (χ1n) is 7.76. The summed E-state index contributed by atoms with van der Waals surface area (Å²) >= 11 is 0. The highest BCUT2D eigenvalue weighted by Gasteiger charge is 2.32. The standard InChI is InChI=1S/C17H18N4O3/c1-11-4-2-5-15(19-11)16-6-3-9-20(16)17(22)13-10-12(21(23)24)7-8-14(13)18/h2,4-5,7-8,10,16H,3,6,9,18H2,1H3. The Kier molecular flexibility index (Phi) is 4.16. The highest BCUT2D eigenvalue weighted by molar-refractivity contribution is 6.00. The van der Waals surface area contributed by atoms with Crippen molar-refractivity contribution in [2.75, 3.05) is 12.3 Å². The molecule has 24 heavy (non-hydrogen) atoms. The van der Waals surface area contributed by atoms with Crippen molar-refractivity contribution in [3.63, 3.8) is 0 Å². The average Bonchev–Trinajstić information content (AvgIpc) is 3.04. The molecule has 0 spiro atoms. The molecule has 0 radical (unpaired) electrons. The third kappa shape index (κ3) is 2.92. The minimum atomic E-state index is -0.528.